The molecule has 0 spiro atoms. The quantitative estimate of drug-likeness (QED) is 0.723. The number of hydrogen-bond acceptors (Lipinski definition) is 4. The third-order valence-electron chi connectivity index (χ3n) is 4.02. The maximum absolute atomic E-state index is 12.3. The minimum absolute atomic E-state index is 0.00258. The van der Waals surface area contributed by atoms with Gasteiger partial charge in [0.25, 0.3) is 11.8 Å². The number of nitrogens with zero attached hydrogens (tertiary/aromatic N) is 1. The summed E-state index contributed by atoms with van der Waals surface area (Å²) in [6, 6.07) is 12.8. The normalized spacial score (nSPS) is 11.5. The third-order valence-corrected chi connectivity index (χ3v) is 5.84. The summed E-state index contributed by atoms with van der Waals surface area (Å²) in [7, 11) is -0.831. The third kappa shape index (κ3) is 5.40. The Morgan fingerprint density at radius 2 is 1.50 bits per heavy atom. The van der Waals surface area contributed by atoms with Crippen LogP contribution in [0.5, 0.6) is 0 Å². The smallest absolute Gasteiger partial charge is 0.267 e. The standard InChI is InChI=1S/C20H25N3O4S/c1-14(2)12-15-8-10-16(11-9-15)19(24)21-22-20(25)17-6-5-7-18(13-17)28(26,27)23(3)4/h5-11,13-14H,12H2,1-4H3,(H,21,24)(H,22,25). The lowest BCUT2D eigenvalue weighted by molar-refractivity contribution is 0.0846. The number of carbonyl (C=O) groups excluding carboxylic acids is 2. The molecule has 2 rings (SSSR count). The lowest BCUT2D eigenvalue weighted by Gasteiger charge is -2.12. The molecule has 0 unspecified atom stereocenters. The van der Waals surface area contributed by atoms with Crippen LogP contribution in [0.1, 0.15) is 40.1 Å². The van der Waals surface area contributed by atoms with E-state index in [2.05, 4.69) is 24.7 Å². The minimum Gasteiger partial charge on any atom is -0.267 e. The van der Waals surface area contributed by atoms with Crippen LogP contribution in [0.15, 0.2) is 53.4 Å². The van der Waals surface area contributed by atoms with E-state index >= 15 is 0 Å². The van der Waals surface area contributed by atoms with Gasteiger partial charge in [0.2, 0.25) is 10.0 Å². The molecule has 0 fully saturated rings. The summed E-state index contributed by atoms with van der Waals surface area (Å²) < 4.78 is 25.4. The van der Waals surface area contributed by atoms with Crippen molar-refractivity contribution in [3.8, 4) is 0 Å². The van der Waals surface area contributed by atoms with Gasteiger partial charge in [0.05, 0.1) is 4.90 Å². The van der Waals surface area contributed by atoms with E-state index in [0.717, 1.165) is 16.3 Å². The number of rotatable bonds is 6. The summed E-state index contributed by atoms with van der Waals surface area (Å²) in [5.74, 6) is -0.548. The zero-order valence-corrected chi connectivity index (χ0v) is 17.2. The van der Waals surface area contributed by atoms with Gasteiger partial charge in [-0.25, -0.2) is 12.7 Å². The van der Waals surface area contributed by atoms with E-state index in [1.807, 2.05) is 12.1 Å². The number of hydrogen-bond donors (Lipinski definition) is 2. The molecule has 0 heterocycles. The number of amides is 2. The van der Waals surface area contributed by atoms with Gasteiger partial charge in [-0.15, -0.1) is 0 Å². The molecule has 0 saturated carbocycles. The average Bonchev–Trinajstić information content (AvgIpc) is 2.66. The lowest BCUT2D eigenvalue weighted by Crippen LogP contribution is -2.41. The molecule has 0 aliphatic carbocycles. The van der Waals surface area contributed by atoms with E-state index in [1.165, 1.54) is 38.4 Å². The van der Waals surface area contributed by atoms with E-state index in [1.54, 1.807) is 12.1 Å². The molecule has 0 atom stereocenters. The lowest BCUT2D eigenvalue weighted by atomic mass is 10.0. The second kappa shape index (κ2) is 8.99. The number of sulfonamides is 1. The molecule has 0 aliphatic rings. The summed E-state index contributed by atoms with van der Waals surface area (Å²) in [6.45, 7) is 4.24. The Hall–Kier alpha value is -2.71. The molecule has 0 aliphatic heterocycles. The van der Waals surface area contributed by atoms with Gasteiger partial charge in [-0.05, 0) is 48.2 Å². The van der Waals surface area contributed by atoms with Crippen LogP contribution in [-0.4, -0.2) is 38.6 Å². The Bertz CT molecular complexity index is 952. The summed E-state index contributed by atoms with van der Waals surface area (Å²) in [6.07, 6.45) is 0.921. The van der Waals surface area contributed by atoms with Crippen molar-refractivity contribution in [2.24, 2.45) is 5.92 Å². The second-order valence-corrected chi connectivity index (χ2v) is 9.17. The summed E-state index contributed by atoms with van der Waals surface area (Å²) in [5, 5.41) is 0. The first-order chi connectivity index (χ1) is 13.1. The van der Waals surface area contributed by atoms with Crippen LogP contribution in [0.25, 0.3) is 0 Å². The molecule has 8 heteroatoms. The van der Waals surface area contributed by atoms with Gasteiger partial charge < -0.3 is 0 Å². The number of carbonyl (C=O) groups is 2. The Morgan fingerprint density at radius 1 is 0.929 bits per heavy atom. The van der Waals surface area contributed by atoms with Crippen molar-refractivity contribution >= 4 is 21.8 Å². The van der Waals surface area contributed by atoms with Crippen LogP contribution in [0.4, 0.5) is 0 Å². The van der Waals surface area contributed by atoms with Crippen molar-refractivity contribution < 1.29 is 18.0 Å². The molecule has 0 aromatic heterocycles. The first-order valence-electron chi connectivity index (χ1n) is 8.83. The van der Waals surface area contributed by atoms with Crippen LogP contribution >= 0.6 is 0 Å². The van der Waals surface area contributed by atoms with Crippen molar-refractivity contribution in [1.29, 1.82) is 0 Å². The molecule has 2 amide bonds. The van der Waals surface area contributed by atoms with E-state index in [4.69, 9.17) is 0 Å². The fraction of sp³-hybridized carbons (Fsp3) is 0.300. The van der Waals surface area contributed by atoms with Crippen LogP contribution in [0.2, 0.25) is 0 Å². The zero-order chi connectivity index (χ0) is 20.9. The molecule has 2 N–H and O–H groups in total. The molecule has 28 heavy (non-hydrogen) atoms. The van der Waals surface area contributed by atoms with Crippen molar-refractivity contribution in [3.05, 3.63) is 65.2 Å². The maximum Gasteiger partial charge on any atom is 0.269 e. The molecule has 0 saturated heterocycles. The van der Waals surface area contributed by atoms with E-state index in [9.17, 15) is 18.0 Å². The summed E-state index contributed by atoms with van der Waals surface area (Å²) in [5.41, 5.74) is 6.31. The Morgan fingerprint density at radius 3 is 2.04 bits per heavy atom. The number of nitrogens with one attached hydrogen (secondary N) is 2. The van der Waals surface area contributed by atoms with E-state index in [-0.39, 0.29) is 10.5 Å². The molecule has 0 bridgehead atoms. The maximum atomic E-state index is 12.3. The van der Waals surface area contributed by atoms with Crippen molar-refractivity contribution in [2.75, 3.05) is 14.1 Å². The highest BCUT2D eigenvalue weighted by atomic mass is 32.2. The van der Waals surface area contributed by atoms with Crippen LogP contribution < -0.4 is 10.9 Å². The topological polar surface area (TPSA) is 95.6 Å². The molecular formula is C20H25N3O4S. The summed E-state index contributed by atoms with van der Waals surface area (Å²) >= 11 is 0. The zero-order valence-electron chi connectivity index (χ0n) is 16.4. The molecule has 150 valence electrons. The minimum atomic E-state index is -3.65. The Labute approximate surface area is 165 Å². The Kier molecular flexibility index (Phi) is 6.93. The number of benzene rings is 2. The fourth-order valence-electron chi connectivity index (χ4n) is 2.53. The van der Waals surface area contributed by atoms with E-state index in [0.29, 0.717) is 11.5 Å². The van der Waals surface area contributed by atoms with Crippen LogP contribution in [0.3, 0.4) is 0 Å². The van der Waals surface area contributed by atoms with Gasteiger partial charge in [-0.1, -0.05) is 32.0 Å². The average molecular weight is 404 g/mol. The van der Waals surface area contributed by atoms with Crippen LogP contribution in [0, 0.1) is 5.92 Å². The first-order valence-corrected chi connectivity index (χ1v) is 10.3. The van der Waals surface area contributed by atoms with Gasteiger partial charge in [-0.3, -0.25) is 20.4 Å². The van der Waals surface area contributed by atoms with E-state index < -0.39 is 21.8 Å². The molecule has 0 radical (unpaired) electrons. The predicted octanol–water partition coefficient (Wildman–Crippen LogP) is 2.21. The summed E-state index contributed by atoms with van der Waals surface area (Å²) in [4.78, 5) is 24.5. The number of hydrazine groups is 1. The van der Waals surface area contributed by atoms with Crippen molar-refractivity contribution in [2.45, 2.75) is 25.2 Å². The molecule has 2 aromatic rings. The molecule has 2 aromatic carbocycles. The highest BCUT2D eigenvalue weighted by molar-refractivity contribution is 7.89. The Balaban J connectivity index is 2.03. The van der Waals surface area contributed by atoms with Crippen molar-refractivity contribution in [3.63, 3.8) is 0 Å². The van der Waals surface area contributed by atoms with Gasteiger partial charge in [0.1, 0.15) is 0 Å². The largest absolute Gasteiger partial charge is 0.269 e. The SMILES string of the molecule is CC(C)Cc1ccc(C(=O)NNC(=O)c2cccc(S(=O)(=O)N(C)C)c2)cc1. The second-order valence-electron chi connectivity index (χ2n) is 7.02. The van der Waals surface area contributed by atoms with Crippen LogP contribution in [-0.2, 0) is 16.4 Å². The van der Waals surface area contributed by atoms with Gasteiger partial charge in [0.15, 0.2) is 0 Å². The molecule has 7 nitrogen and oxygen atoms in total. The van der Waals surface area contributed by atoms with Gasteiger partial charge in [0, 0.05) is 25.2 Å². The first kappa shape index (κ1) is 21.6. The van der Waals surface area contributed by atoms with Crippen molar-refractivity contribution in [1.82, 2.24) is 15.2 Å². The highest BCUT2D eigenvalue weighted by Crippen LogP contribution is 2.15. The van der Waals surface area contributed by atoms with Gasteiger partial charge >= 0.3 is 0 Å². The monoisotopic (exact) mass is 403 g/mol. The van der Waals surface area contributed by atoms with Gasteiger partial charge in [-0.2, -0.15) is 0 Å². The fourth-order valence-corrected chi connectivity index (χ4v) is 3.48. The molecular weight excluding hydrogens is 378 g/mol. The highest BCUT2D eigenvalue weighted by Gasteiger charge is 2.19. The predicted molar refractivity (Wildman–Crippen MR) is 107 cm³/mol.